The van der Waals surface area contributed by atoms with Crippen LogP contribution in [0.1, 0.15) is 24.0 Å². The Morgan fingerprint density at radius 3 is 2.44 bits per heavy atom. The lowest BCUT2D eigenvalue weighted by atomic mass is 10.1. The second-order valence-corrected chi connectivity index (χ2v) is 10.4. The van der Waals surface area contributed by atoms with Gasteiger partial charge in [-0.3, -0.25) is 24.1 Å². The number of rotatable bonds is 12. The van der Waals surface area contributed by atoms with E-state index in [1.54, 1.807) is 0 Å². The Bertz CT molecular complexity index is 1150. The van der Waals surface area contributed by atoms with Crippen molar-refractivity contribution < 1.29 is 27.6 Å². The number of nitro benzene ring substituents is 1. The number of methoxy groups -OCH3 is 1. The third-order valence-corrected chi connectivity index (χ3v) is 7.01. The molecule has 36 heavy (non-hydrogen) atoms. The average Bonchev–Trinajstić information content (AvgIpc) is 2.85. The van der Waals surface area contributed by atoms with E-state index in [-0.39, 0.29) is 42.4 Å². The number of morpholine rings is 1. The van der Waals surface area contributed by atoms with Crippen molar-refractivity contribution >= 4 is 27.3 Å². The molecular weight excluding hydrogens is 488 g/mol. The summed E-state index contributed by atoms with van der Waals surface area (Å²) in [7, 11) is -2.42. The number of nitro groups is 1. The molecule has 11 nitrogen and oxygen atoms in total. The first-order chi connectivity index (χ1) is 17.2. The molecule has 1 heterocycles. The summed E-state index contributed by atoms with van der Waals surface area (Å²) in [4.78, 5) is 25.3. The van der Waals surface area contributed by atoms with Gasteiger partial charge in [-0.25, -0.2) is 8.42 Å². The topological polar surface area (TPSA) is 131 Å². The number of carbonyl (C=O) groups is 1. The second kappa shape index (κ2) is 12.7. The molecule has 0 unspecified atom stereocenters. The van der Waals surface area contributed by atoms with Gasteiger partial charge in [0.15, 0.2) is 0 Å². The van der Waals surface area contributed by atoms with Crippen LogP contribution in [0.2, 0.25) is 0 Å². The Hall–Kier alpha value is -3.22. The number of amides is 1. The SMILES string of the molecule is COc1ccc([N+](=O)[O-])cc1N(CCCC(=O)NCc1ccc(CN2CCOCC2)cc1)S(C)(=O)=O. The lowest BCUT2D eigenvalue weighted by Gasteiger charge is -2.26. The molecule has 1 aliphatic rings. The number of carbonyl (C=O) groups excluding carboxylic acids is 1. The predicted octanol–water partition coefficient (Wildman–Crippen LogP) is 2.30. The minimum Gasteiger partial charge on any atom is -0.495 e. The summed E-state index contributed by atoms with van der Waals surface area (Å²) in [5.74, 6) is -0.0283. The fourth-order valence-corrected chi connectivity index (χ4v) is 4.86. The molecule has 1 saturated heterocycles. The van der Waals surface area contributed by atoms with Gasteiger partial charge in [0, 0.05) is 51.3 Å². The van der Waals surface area contributed by atoms with Gasteiger partial charge in [-0.2, -0.15) is 0 Å². The number of ether oxygens (including phenoxy) is 2. The summed E-state index contributed by atoms with van der Waals surface area (Å²) in [6.45, 7) is 4.55. The van der Waals surface area contributed by atoms with Crippen molar-refractivity contribution in [3.63, 3.8) is 0 Å². The number of nitrogens with one attached hydrogen (secondary N) is 1. The molecule has 0 atom stereocenters. The molecule has 1 fully saturated rings. The smallest absolute Gasteiger partial charge is 0.271 e. The predicted molar refractivity (Wildman–Crippen MR) is 135 cm³/mol. The van der Waals surface area contributed by atoms with Crippen molar-refractivity contribution in [1.29, 1.82) is 0 Å². The summed E-state index contributed by atoms with van der Waals surface area (Å²) in [5.41, 5.74) is 1.97. The van der Waals surface area contributed by atoms with Crippen molar-refractivity contribution in [2.45, 2.75) is 25.9 Å². The van der Waals surface area contributed by atoms with E-state index in [9.17, 15) is 23.3 Å². The number of hydrogen-bond donors (Lipinski definition) is 1. The van der Waals surface area contributed by atoms with E-state index in [0.717, 1.165) is 55.0 Å². The van der Waals surface area contributed by atoms with Crippen LogP contribution in [0.15, 0.2) is 42.5 Å². The van der Waals surface area contributed by atoms with Crippen molar-refractivity contribution in [1.82, 2.24) is 10.2 Å². The average molecular weight is 521 g/mol. The molecule has 1 N–H and O–H groups in total. The number of nitrogens with zero attached hydrogens (tertiary/aromatic N) is 3. The van der Waals surface area contributed by atoms with Crippen LogP contribution in [0, 0.1) is 10.1 Å². The molecule has 3 rings (SSSR count). The van der Waals surface area contributed by atoms with Gasteiger partial charge in [0.1, 0.15) is 11.4 Å². The number of benzene rings is 2. The van der Waals surface area contributed by atoms with E-state index in [4.69, 9.17) is 9.47 Å². The van der Waals surface area contributed by atoms with Gasteiger partial charge in [0.05, 0.1) is 31.5 Å². The molecule has 12 heteroatoms. The summed E-state index contributed by atoms with van der Waals surface area (Å²) in [6.07, 6.45) is 1.33. The molecule has 0 bridgehead atoms. The van der Waals surface area contributed by atoms with Crippen molar-refractivity contribution in [2.24, 2.45) is 0 Å². The molecular formula is C24H32N4O7S. The van der Waals surface area contributed by atoms with Crippen molar-refractivity contribution in [3.8, 4) is 5.75 Å². The highest BCUT2D eigenvalue weighted by Crippen LogP contribution is 2.33. The highest BCUT2D eigenvalue weighted by atomic mass is 32.2. The van der Waals surface area contributed by atoms with E-state index in [0.29, 0.717) is 6.54 Å². The van der Waals surface area contributed by atoms with Crippen molar-refractivity contribution in [2.75, 3.05) is 50.5 Å². The maximum atomic E-state index is 12.4. The van der Waals surface area contributed by atoms with Crippen LogP contribution in [0.4, 0.5) is 11.4 Å². The van der Waals surface area contributed by atoms with Crippen LogP contribution >= 0.6 is 0 Å². The van der Waals surface area contributed by atoms with Gasteiger partial charge in [0.25, 0.3) is 5.69 Å². The number of hydrogen-bond acceptors (Lipinski definition) is 8. The maximum Gasteiger partial charge on any atom is 0.271 e. The van der Waals surface area contributed by atoms with Crippen LogP contribution in [0.3, 0.4) is 0 Å². The zero-order chi connectivity index (χ0) is 26.1. The first-order valence-corrected chi connectivity index (χ1v) is 13.5. The minimum absolute atomic E-state index is 0.0278. The zero-order valence-corrected chi connectivity index (χ0v) is 21.3. The largest absolute Gasteiger partial charge is 0.495 e. The highest BCUT2D eigenvalue weighted by Gasteiger charge is 2.24. The molecule has 1 aliphatic heterocycles. The van der Waals surface area contributed by atoms with Gasteiger partial charge in [-0.05, 0) is 23.6 Å². The molecule has 2 aromatic carbocycles. The van der Waals surface area contributed by atoms with Gasteiger partial charge in [0.2, 0.25) is 15.9 Å². The maximum absolute atomic E-state index is 12.4. The molecule has 0 aliphatic carbocycles. The lowest BCUT2D eigenvalue weighted by molar-refractivity contribution is -0.384. The van der Waals surface area contributed by atoms with Gasteiger partial charge in [-0.1, -0.05) is 24.3 Å². The van der Waals surface area contributed by atoms with Crippen LogP contribution in [-0.4, -0.2) is 70.4 Å². The minimum atomic E-state index is -3.77. The van der Waals surface area contributed by atoms with Crippen LogP contribution in [-0.2, 0) is 32.6 Å². The quantitative estimate of drug-likeness (QED) is 0.333. The first-order valence-electron chi connectivity index (χ1n) is 11.6. The van der Waals surface area contributed by atoms with Crippen LogP contribution in [0.25, 0.3) is 0 Å². The zero-order valence-electron chi connectivity index (χ0n) is 20.5. The van der Waals surface area contributed by atoms with Gasteiger partial charge in [-0.15, -0.1) is 0 Å². The third-order valence-electron chi connectivity index (χ3n) is 5.83. The third kappa shape index (κ3) is 7.90. The van der Waals surface area contributed by atoms with E-state index in [1.165, 1.54) is 24.8 Å². The number of anilines is 1. The van der Waals surface area contributed by atoms with E-state index in [1.807, 2.05) is 24.3 Å². The van der Waals surface area contributed by atoms with Gasteiger partial charge < -0.3 is 14.8 Å². The standard InChI is InChI=1S/C24H32N4O7S/c1-34-23-10-9-21(28(30)31)16-22(23)27(36(2,32)33)11-3-4-24(29)25-17-19-5-7-20(8-6-19)18-26-12-14-35-15-13-26/h5-10,16H,3-4,11-15,17-18H2,1-2H3,(H,25,29). The van der Waals surface area contributed by atoms with E-state index < -0.39 is 14.9 Å². The van der Waals surface area contributed by atoms with Crippen LogP contribution in [0.5, 0.6) is 5.75 Å². The molecule has 0 radical (unpaired) electrons. The first kappa shape index (κ1) is 27.4. The van der Waals surface area contributed by atoms with E-state index in [2.05, 4.69) is 10.2 Å². The normalized spacial score (nSPS) is 14.3. The fraction of sp³-hybridized carbons (Fsp3) is 0.458. The Morgan fingerprint density at radius 1 is 1.17 bits per heavy atom. The fourth-order valence-electron chi connectivity index (χ4n) is 3.90. The molecule has 0 aromatic heterocycles. The Balaban J connectivity index is 1.52. The Morgan fingerprint density at radius 2 is 1.83 bits per heavy atom. The summed E-state index contributed by atoms with van der Waals surface area (Å²) in [6, 6.07) is 11.8. The second-order valence-electron chi connectivity index (χ2n) is 8.53. The Labute approximate surface area is 211 Å². The lowest BCUT2D eigenvalue weighted by Crippen LogP contribution is -2.35. The molecule has 0 spiro atoms. The van der Waals surface area contributed by atoms with E-state index >= 15 is 0 Å². The number of sulfonamides is 1. The summed E-state index contributed by atoms with van der Waals surface area (Å²) < 4.78 is 36.4. The van der Waals surface area contributed by atoms with Gasteiger partial charge >= 0.3 is 0 Å². The highest BCUT2D eigenvalue weighted by molar-refractivity contribution is 7.92. The number of non-ortho nitro benzene ring substituents is 1. The summed E-state index contributed by atoms with van der Waals surface area (Å²) >= 11 is 0. The molecule has 196 valence electrons. The molecule has 0 saturated carbocycles. The molecule has 1 amide bonds. The van der Waals surface area contributed by atoms with Crippen LogP contribution < -0.4 is 14.4 Å². The Kier molecular flexibility index (Phi) is 9.62. The van der Waals surface area contributed by atoms with Crippen molar-refractivity contribution in [3.05, 3.63) is 63.7 Å². The summed E-state index contributed by atoms with van der Waals surface area (Å²) in [5, 5.41) is 14.0. The monoisotopic (exact) mass is 520 g/mol. The molecule has 2 aromatic rings.